The number of carbonyl (C=O) groups is 2. The van der Waals surface area contributed by atoms with Gasteiger partial charge in [0.2, 0.25) is 11.8 Å². The van der Waals surface area contributed by atoms with Gasteiger partial charge in [-0.2, -0.15) is 0 Å². The van der Waals surface area contributed by atoms with E-state index in [1.807, 2.05) is 0 Å². The first-order valence-corrected chi connectivity index (χ1v) is 8.73. The number of pyridine rings is 1. The predicted octanol–water partition coefficient (Wildman–Crippen LogP) is 2.00. The number of nitrogens with one attached hydrogen (secondary N) is 2. The molecule has 132 valence electrons. The molecule has 2 unspecified atom stereocenters. The highest BCUT2D eigenvalue weighted by atomic mass is 16.4. The molecule has 7 heteroatoms. The van der Waals surface area contributed by atoms with E-state index < -0.39 is 0 Å². The van der Waals surface area contributed by atoms with Gasteiger partial charge in [-0.05, 0) is 38.8 Å². The summed E-state index contributed by atoms with van der Waals surface area (Å²) in [4.78, 5) is 30.5. The lowest BCUT2D eigenvalue weighted by molar-refractivity contribution is -0.114. The molecular formula is C18H22N4O3. The number of anilines is 1. The number of hydrogen-bond acceptors (Lipinski definition) is 5. The average molecular weight is 342 g/mol. The van der Waals surface area contributed by atoms with Crippen molar-refractivity contribution in [1.29, 1.82) is 0 Å². The second-order valence-electron chi connectivity index (χ2n) is 7.01. The van der Waals surface area contributed by atoms with Gasteiger partial charge in [0.1, 0.15) is 11.3 Å². The minimum Gasteiger partial charge on any atom is -0.440 e. The molecule has 0 spiro atoms. The van der Waals surface area contributed by atoms with Gasteiger partial charge in [0, 0.05) is 42.7 Å². The number of hydrogen-bond donors (Lipinski definition) is 2. The van der Waals surface area contributed by atoms with E-state index in [0.29, 0.717) is 29.1 Å². The van der Waals surface area contributed by atoms with Crippen LogP contribution < -0.4 is 10.6 Å². The van der Waals surface area contributed by atoms with Crippen LogP contribution >= 0.6 is 0 Å². The van der Waals surface area contributed by atoms with Crippen molar-refractivity contribution >= 4 is 28.7 Å². The third-order valence-electron chi connectivity index (χ3n) is 5.41. The third kappa shape index (κ3) is 3.00. The number of carbonyl (C=O) groups excluding carboxylic acids is 2. The quantitative estimate of drug-likeness (QED) is 0.891. The average Bonchev–Trinajstić information content (AvgIpc) is 2.98. The van der Waals surface area contributed by atoms with E-state index in [2.05, 4.69) is 27.4 Å². The van der Waals surface area contributed by atoms with Gasteiger partial charge in [-0.15, -0.1) is 0 Å². The normalized spacial score (nSPS) is 28.1. The van der Waals surface area contributed by atoms with Crippen LogP contribution in [-0.4, -0.2) is 46.9 Å². The lowest BCUT2D eigenvalue weighted by Gasteiger charge is -2.49. The number of rotatable bonds is 3. The number of aromatic nitrogens is 1. The van der Waals surface area contributed by atoms with Crippen LogP contribution in [0.3, 0.4) is 0 Å². The SMILES string of the molecule is CC(=O)Nc1cc2cnc(C(=O)NC3C4CCN(CC4)C3C)cc2o1. The van der Waals surface area contributed by atoms with Gasteiger partial charge < -0.3 is 9.73 Å². The van der Waals surface area contributed by atoms with E-state index in [4.69, 9.17) is 4.42 Å². The molecule has 2 amide bonds. The second kappa shape index (κ2) is 6.15. The summed E-state index contributed by atoms with van der Waals surface area (Å²) < 4.78 is 5.57. The van der Waals surface area contributed by atoms with Crippen LogP contribution in [0, 0.1) is 5.92 Å². The number of amides is 2. The largest absolute Gasteiger partial charge is 0.440 e. The minimum absolute atomic E-state index is 0.166. The van der Waals surface area contributed by atoms with Crippen LogP contribution in [0.1, 0.15) is 37.2 Å². The topological polar surface area (TPSA) is 87.5 Å². The molecule has 3 aliphatic heterocycles. The zero-order valence-corrected chi connectivity index (χ0v) is 14.4. The van der Waals surface area contributed by atoms with Gasteiger partial charge in [-0.25, -0.2) is 0 Å². The van der Waals surface area contributed by atoms with E-state index in [1.54, 1.807) is 18.3 Å². The fraction of sp³-hybridized carbons (Fsp3) is 0.500. The molecule has 2 aromatic heterocycles. The van der Waals surface area contributed by atoms with E-state index >= 15 is 0 Å². The summed E-state index contributed by atoms with van der Waals surface area (Å²) in [6.07, 6.45) is 3.87. The van der Waals surface area contributed by atoms with Crippen LogP contribution in [-0.2, 0) is 4.79 Å². The maximum Gasteiger partial charge on any atom is 0.270 e. The summed E-state index contributed by atoms with van der Waals surface area (Å²) in [7, 11) is 0. The maximum absolute atomic E-state index is 12.7. The van der Waals surface area contributed by atoms with E-state index in [9.17, 15) is 9.59 Å². The van der Waals surface area contributed by atoms with Gasteiger partial charge in [-0.1, -0.05) is 0 Å². The molecule has 0 aromatic carbocycles. The Morgan fingerprint density at radius 2 is 2.04 bits per heavy atom. The minimum atomic E-state index is -0.207. The van der Waals surface area contributed by atoms with Gasteiger partial charge in [0.05, 0.1) is 0 Å². The monoisotopic (exact) mass is 342 g/mol. The smallest absolute Gasteiger partial charge is 0.270 e. The summed E-state index contributed by atoms with van der Waals surface area (Å²) >= 11 is 0. The van der Waals surface area contributed by atoms with Crippen molar-refractivity contribution in [3.05, 3.63) is 24.0 Å². The fourth-order valence-corrected chi connectivity index (χ4v) is 4.06. The molecule has 5 heterocycles. The number of piperidine rings is 3. The van der Waals surface area contributed by atoms with Gasteiger partial charge in [0.15, 0.2) is 0 Å². The van der Waals surface area contributed by atoms with Crippen molar-refractivity contribution in [2.24, 2.45) is 5.92 Å². The van der Waals surface area contributed by atoms with E-state index in [0.717, 1.165) is 31.3 Å². The molecule has 2 atom stereocenters. The first-order valence-electron chi connectivity index (χ1n) is 8.73. The molecular weight excluding hydrogens is 320 g/mol. The van der Waals surface area contributed by atoms with Crippen LogP contribution in [0.15, 0.2) is 22.7 Å². The molecule has 3 saturated heterocycles. The summed E-state index contributed by atoms with van der Waals surface area (Å²) in [5.74, 6) is 0.516. The molecule has 3 aliphatic rings. The highest BCUT2D eigenvalue weighted by Gasteiger charge is 2.40. The van der Waals surface area contributed by atoms with E-state index in [1.165, 1.54) is 6.92 Å². The van der Waals surface area contributed by atoms with Gasteiger partial charge in [0.25, 0.3) is 5.91 Å². The van der Waals surface area contributed by atoms with Gasteiger partial charge in [-0.3, -0.25) is 24.8 Å². The molecule has 7 nitrogen and oxygen atoms in total. The summed E-state index contributed by atoms with van der Waals surface area (Å²) in [5, 5.41) is 6.51. The Morgan fingerprint density at radius 1 is 1.28 bits per heavy atom. The summed E-state index contributed by atoms with van der Waals surface area (Å²) in [6, 6.07) is 3.84. The van der Waals surface area contributed by atoms with Crippen LogP contribution in [0.2, 0.25) is 0 Å². The highest BCUT2D eigenvalue weighted by molar-refractivity contribution is 5.96. The Morgan fingerprint density at radius 3 is 2.72 bits per heavy atom. The zero-order chi connectivity index (χ0) is 17.6. The van der Waals surface area contributed by atoms with Crippen molar-refractivity contribution in [2.45, 2.75) is 38.8 Å². The van der Waals surface area contributed by atoms with Crippen molar-refractivity contribution < 1.29 is 14.0 Å². The number of nitrogens with zero attached hydrogens (tertiary/aromatic N) is 2. The van der Waals surface area contributed by atoms with Crippen molar-refractivity contribution in [1.82, 2.24) is 15.2 Å². The maximum atomic E-state index is 12.7. The first-order chi connectivity index (χ1) is 12.0. The van der Waals surface area contributed by atoms with Crippen molar-refractivity contribution in [3.8, 4) is 0 Å². The molecule has 0 aliphatic carbocycles. The van der Waals surface area contributed by atoms with Crippen LogP contribution in [0.25, 0.3) is 11.0 Å². The zero-order valence-electron chi connectivity index (χ0n) is 14.4. The summed E-state index contributed by atoms with van der Waals surface area (Å²) in [5.41, 5.74) is 0.866. The molecule has 2 N–H and O–H groups in total. The molecule has 0 saturated carbocycles. The second-order valence-corrected chi connectivity index (χ2v) is 7.01. The van der Waals surface area contributed by atoms with Crippen LogP contribution in [0.5, 0.6) is 0 Å². The molecule has 5 rings (SSSR count). The Labute approximate surface area is 145 Å². The molecule has 3 fully saturated rings. The molecule has 2 bridgehead atoms. The molecule has 0 radical (unpaired) electrons. The highest BCUT2D eigenvalue weighted by Crippen LogP contribution is 2.32. The van der Waals surface area contributed by atoms with Gasteiger partial charge >= 0.3 is 0 Å². The molecule has 2 aromatic rings. The van der Waals surface area contributed by atoms with Crippen molar-refractivity contribution in [2.75, 3.05) is 18.4 Å². The van der Waals surface area contributed by atoms with Crippen LogP contribution in [0.4, 0.5) is 5.88 Å². The Bertz CT molecular complexity index is 821. The van der Waals surface area contributed by atoms with E-state index in [-0.39, 0.29) is 17.9 Å². The lowest BCUT2D eigenvalue weighted by Crippen LogP contribution is -2.62. The lowest BCUT2D eigenvalue weighted by atomic mass is 9.79. The standard InChI is InChI=1S/C18H22N4O3/c1-10-17(12-3-5-22(10)6-4-12)21-18(24)14-8-15-13(9-19-14)7-16(25-15)20-11(2)23/h7-10,12,17H,3-6H2,1-2H3,(H,20,23)(H,21,24). The predicted molar refractivity (Wildman–Crippen MR) is 93.3 cm³/mol. The Balaban J connectivity index is 1.52. The number of fused-ring (bicyclic) bond motifs is 4. The Kier molecular flexibility index (Phi) is 3.95. The fourth-order valence-electron chi connectivity index (χ4n) is 4.06. The Hall–Kier alpha value is -2.41. The van der Waals surface area contributed by atoms with Crippen molar-refractivity contribution in [3.63, 3.8) is 0 Å². The first kappa shape index (κ1) is 16.1. The summed E-state index contributed by atoms with van der Waals surface area (Å²) in [6.45, 7) is 5.85. The molecule has 25 heavy (non-hydrogen) atoms. The number of furan rings is 1. The third-order valence-corrected chi connectivity index (χ3v) is 5.41.